The lowest BCUT2D eigenvalue weighted by molar-refractivity contribution is -0.120. The van der Waals surface area contributed by atoms with Crippen molar-refractivity contribution >= 4 is 5.78 Å². The second-order valence-electron chi connectivity index (χ2n) is 1.94. The quantitative estimate of drug-likeness (QED) is 0.456. The summed E-state index contributed by atoms with van der Waals surface area (Å²) in [6.45, 7) is 0. The van der Waals surface area contributed by atoms with Gasteiger partial charge in [0.25, 0.3) is 0 Å². The smallest absolute Gasteiger partial charge is 0.139 e. The van der Waals surface area contributed by atoms with Crippen LogP contribution in [-0.2, 0) is 4.79 Å². The van der Waals surface area contributed by atoms with Gasteiger partial charge in [0.1, 0.15) is 5.78 Å². The van der Waals surface area contributed by atoms with Gasteiger partial charge in [0.2, 0.25) is 0 Å². The van der Waals surface area contributed by atoms with Crippen molar-refractivity contribution in [2.75, 3.05) is 0 Å². The number of hydrogen-bond acceptors (Lipinski definition) is 2. The predicted molar refractivity (Wildman–Crippen MR) is 29.4 cm³/mol. The summed E-state index contributed by atoms with van der Waals surface area (Å²) in [5.74, 6) is 0.125. The summed E-state index contributed by atoms with van der Waals surface area (Å²) in [6, 6.07) is 0. The molecule has 1 unspecified atom stereocenters. The van der Waals surface area contributed by atoms with Crippen molar-refractivity contribution in [1.82, 2.24) is 0 Å². The minimum atomic E-state index is -0.517. The van der Waals surface area contributed by atoms with Gasteiger partial charge in [-0.3, -0.25) is 4.79 Å². The number of carbonyl (C=O) groups excluding carboxylic acids is 1. The van der Waals surface area contributed by atoms with Crippen molar-refractivity contribution < 1.29 is 9.90 Å². The summed E-state index contributed by atoms with van der Waals surface area (Å²) in [6.07, 6.45) is 3.64. The highest BCUT2D eigenvalue weighted by Crippen LogP contribution is 2.05. The molecular formula is C6H8O2. The molecule has 0 fully saturated rings. The van der Waals surface area contributed by atoms with Gasteiger partial charge in [0.15, 0.2) is 0 Å². The first kappa shape index (κ1) is 5.51. The molecule has 0 saturated carbocycles. The molecule has 1 rings (SSSR count). The maximum absolute atomic E-state index is 10.5. The fourth-order valence-electron chi connectivity index (χ4n) is 0.741. The molecule has 0 saturated heterocycles. The van der Waals surface area contributed by atoms with Crippen molar-refractivity contribution in [3.05, 3.63) is 12.2 Å². The van der Waals surface area contributed by atoms with Crippen LogP contribution in [0.1, 0.15) is 12.8 Å². The molecule has 0 aromatic heterocycles. The predicted octanol–water partition coefficient (Wildman–Crippen LogP) is 0.266. The van der Waals surface area contributed by atoms with Crippen LogP contribution in [0.5, 0.6) is 0 Å². The second-order valence-corrected chi connectivity index (χ2v) is 1.94. The van der Waals surface area contributed by atoms with E-state index in [1.807, 2.05) is 0 Å². The lowest BCUT2D eigenvalue weighted by Crippen LogP contribution is -2.13. The Hall–Kier alpha value is -0.630. The van der Waals surface area contributed by atoms with Crippen molar-refractivity contribution in [1.29, 1.82) is 0 Å². The van der Waals surface area contributed by atoms with Crippen molar-refractivity contribution in [2.24, 2.45) is 0 Å². The molecule has 8 heavy (non-hydrogen) atoms. The van der Waals surface area contributed by atoms with Gasteiger partial charge in [0.05, 0.1) is 6.10 Å². The molecule has 1 aliphatic rings. The molecule has 0 amide bonds. The zero-order valence-corrected chi connectivity index (χ0v) is 4.50. The summed E-state index contributed by atoms with van der Waals surface area (Å²) < 4.78 is 0. The van der Waals surface area contributed by atoms with E-state index in [9.17, 15) is 4.79 Å². The Labute approximate surface area is 47.8 Å². The van der Waals surface area contributed by atoms with Crippen LogP contribution in [0.2, 0.25) is 0 Å². The van der Waals surface area contributed by atoms with E-state index in [0.29, 0.717) is 12.8 Å². The zero-order valence-electron chi connectivity index (χ0n) is 4.50. The van der Waals surface area contributed by atoms with Crippen molar-refractivity contribution in [3.8, 4) is 0 Å². The monoisotopic (exact) mass is 112 g/mol. The maximum atomic E-state index is 10.5. The average molecular weight is 112 g/mol. The van der Waals surface area contributed by atoms with E-state index < -0.39 is 6.10 Å². The number of aliphatic hydroxyl groups is 1. The number of carbonyl (C=O) groups is 1. The molecule has 0 aromatic carbocycles. The molecule has 1 aliphatic carbocycles. The summed E-state index contributed by atoms with van der Waals surface area (Å²) in [5, 5.41) is 8.77. The first-order valence-electron chi connectivity index (χ1n) is 2.65. The van der Waals surface area contributed by atoms with Crippen LogP contribution in [0.25, 0.3) is 0 Å². The number of hydrogen-bond donors (Lipinski definition) is 1. The van der Waals surface area contributed by atoms with Gasteiger partial charge in [-0.2, -0.15) is 0 Å². The molecule has 2 heteroatoms. The van der Waals surface area contributed by atoms with E-state index >= 15 is 0 Å². The molecule has 0 spiro atoms. The molecule has 44 valence electrons. The van der Waals surface area contributed by atoms with Gasteiger partial charge >= 0.3 is 0 Å². The average Bonchev–Trinajstić information content (AvgIpc) is 1.64. The molecule has 1 atom stereocenters. The van der Waals surface area contributed by atoms with Gasteiger partial charge in [-0.25, -0.2) is 0 Å². The Balaban J connectivity index is 2.54. The van der Waals surface area contributed by atoms with Crippen LogP contribution in [0.15, 0.2) is 12.2 Å². The summed E-state index contributed by atoms with van der Waals surface area (Å²) in [5.41, 5.74) is 0. The van der Waals surface area contributed by atoms with Crippen molar-refractivity contribution in [2.45, 2.75) is 18.9 Å². The molecule has 2 nitrogen and oxygen atoms in total. The molecule has 0 radical (unpaired) electrons. The number of allylic oxidation sites excluding steroid dienone is 1. The van der Waals surface area contributed by atoms with Crippen LogP contribution >= 0.6 is 0 Å². The van der Waals surface area contributed by atoms with Gasteiger partial charge in [-0.1, -0.05) is 12.2 Å². The Morgan fingerprint density at radius 3 is 2.88 bits per heavy atom. The maximum Gasteiger partial charge on any atom is 0.139 e. The van der Waals surface area contributed by atoms with Crippen LogP contribution in [-0.4, -0.2) is 17.0 Å². The zero-order chi connectivity index (χ0) is 5.98. The van der Waals surface area contributed by atoms with E-state index in [-0.39, 0.29) is 5.78 Å². The lowest BCUT2D eigenvalue weighted by Gasteiger charge is -2.06. The molecule has 1 N–H and O–H groups in total. The Bertz CT molecular complexity index is 126. The third-order valence-corrected chi connectivity index (χ3v) is 1.14. The fraction of sp³-hybridized carbons (Fsp3) is 0.500. The normalized spacial score (nSPS) is 28.6. The summed E-state index contributed by atoms with van der Waals surface area (Å²) >= 11 is 0. The Morgan fingerprint density at radius 2 is 2.50 bits per heavy atom. The number of Topliss-reactive ketones (excluding diaryl/α,β-unsaturated/α-hetero) is 1. The first-order valence-corrected chi connectivity index (χ1v) is 2.65. The lowest BCUT2D eigenvalue weighted by atomic mass is 10.0. The van der Waals surface area contributed by atoms with E-state index in [0.717, 1.165) is 0 Å². The standard InChI is InChI=1S/C6H8O2/c7-5-2-1-3-6(8)4-5/h1-2,5,7H,3-4H2. The van der Waals surface area contributed by atoms with Gasteiger partial charge < -0.3 is 5.11 Å². The van der Waals surface area contributed by atoms with Crippen LogP contribution in [0.4, 0.5) is 0 Å². The summed E-state index contributed by atoms with van der Waals surface area (Å²) in [4.78, 5) is 10.5. The van der Waals surface area contributed by atoms with Gasteiger partial charge in [0, 0.05) is 12.8 Å². The minimum absolute atomic E-state index is 0.125. The Morgan fingerprint density at radius 1 is 1.75 bits per heavy atom. The Kier molecular flexibility index (Phi) is 1.44. The minimum Gasteiger partial charge on any atom is -0.389 e. The highest BCUT2D eigenvalue weighted by atomic mass is 16.3. The fourth-order valence-corrected chi connectivity index (χ4v) is 0.741. The topological polar surface area (TPSA) is 37.3 Å². The third kappa shape index (κ3) is 1.17. The van der Waals surface area contributed by atoms with Crippen LogP contribution < -0.4 is 0 Å². The second kappa shape index (κ2) is 2.09. The van der Waals surface area contributed by atoms with E-state index in [2.05, 4.69) is 0 Å². The largest absolute Gasteiger partial charge is 0.389 e. The van der Waals surface area contributed by atoms with Crippen LogP contribution in [0.3, 0.4) is 0 Å². The molecule has 0 heterocycles. The highest BCUT2D eigenvalue weighted by molar-refractivity contribution is 5.81. The van der Waals surface area contributed by atoms with Crippen molar-refractivity contribution in [3.63, 3.8) is 0 Å². The van der Waals surface area contributed by atoms with E-state index in [1.165, 1.54) is 0 Å². The van der Waals surface area contributed by atoms with Gasteiger partial charge in [-0.05, 0) is 0 Å². The molecule has 0 aliphatic heterocycles. The first-order chi connectivity index (χ1) is 3.79. The van der Waals surface area contributed by atoms with Crippen LogP contribution in [0, 0.1) is 0 Å². The summed E-state index contributed by atoms with van der Waals surface area (Å²) in [7, 11) is 0. The SMILES string of the molecule is O=C1CC=CC(O)C1. The molecule has 0 aromatic rings. The third-order valence-electron chi connectivity index (χ3n) is 1.14. The number of rotatable bonds is 0. The van der Waals surface area contributed by atoms with E-state index in [4.69, 9.17) is 5.11 Å². The number of aliphatic hydroxyl groups excluding tert-OH is 1. The molecule has 0 bridgehead atoms. The van der Waals surface area contributed by atoms with E-state index in [1.54, 1.807) is 12.2 Å². The number of ketones is 1. The molecular weight excluding hydrogens is 104 g/mol. The van der Waals surface area contributed by atoms with Gasteiger partial charge in [-0.15, -0.1) is 0 Å². The highest BCUT2D eigenvalue weighted by Gasteiger charge is 2.09.